The van der Waals surface area contributed by atoms with Crippen LogP contribution in [0.15, 0.2) is 24.3 Å². The summed E-state index contributed by atoms with van der Waals surface area (Å²) in [7, 11) is 4.99. The van der Waals surface area contributed by atoms with Gasteiger partial charge in [0.05, 0.1) is 14.2 Å². The van der Waals surface area contributed by atoms with E-state index in [0.717, 1.165) is 11.4 Å². The minimum absolute atomic E-state index is 0.174. The molecule has 0 fully saturated rings. The van der Waals surface area contributed by atoms with Gasteiger partial charge in [0, 0.05) is 31.4 Å². The minimum Gasteiger partial charge on any atom is -0.497 e. The van der Waals surface area contributed by atoms with Crippen LogP contribution in [0.5, 0.6) is 5.75 Å². The molecule has 0 saturated heterocycles. The maximum Gasteiger partial charge on any atom is 0.327 e. The SMILES string of the molecule is COC(=O)C(C)(CN(C)c1cccc(OC)c1)NC(C)C. The van der Waals surface area contributed by atoms with E-state index in [9.17, 15) is 4.79 Å². The first kappa shape index (κ1) is 17.3. The quantitative estimate of drug-likeness (QED) is 0.780. The van der Waals surface area contributed by atoms with E-state index < -0.39 is 5.54 Å². The molecule has 1 unspecified atom stereocenters. The number of carbonyl (C=O) groups excluding carboxylic acids is 1. The van der Waals surface area contributed by atoms with E-state index in [1.165, 1.54) is 7.11 Å². The lowest BCUT2D eigenvalue weighted by atomic mass is 10.00. The third kappa shape index (κ3) is 4.63. The number of nitrogens with zero attached hydrogens (tertiary/aromatic N) is 1. The second kappa shape index (κ2) is 7.31. The maximum absolute atomic E-state index is 12.1. The number of esters is 1. The molecule has 1 rings (SSSR count). The summed E-state index contributed by atoms with van der Waals surface area (Å²) in [4.78, 5) is 14.1. The van der Waals surface area contributed by atoms with Gasteiger partial charge in [0.1, 0.15) is 11.3 Å². The van der Waals surface area contributed by atoms with Crippen LogP contribution in [0.25, 0.3) is 0 Å². The monoisotopic (exact) mass is 294 g/mol. The number of anilines is 1. The van der Waals surface area contributed by atoms with Gasteiger partial charge in [-0.15, -0.1) is 0 Å². The van der Waals surface area contributed by atoms with E-state index in [1.54, 1.807) is 7.11 Å². The molecule has 1 aromatic rings. The van der Waals surface area contributed by atoms with Crippen LogP contribution in [0.2, 0.25) is 0 Å². The Balaban J connectivity index is 2.94. The fourth-order valence-electron chi connectivity index (χ4n) is 2.45. The van der Waals surface area contributed by atoms with Crippen molar-refractivity contribution in [3.8, 4) is 5.75 Å². The number of carbonyl (C=O) groups is 1. The molecule has 0 aromatic heterocycles. The molecule has 0 saturated carbocycles. The topological polar surface area (TPSA) is 50.8 Å². The van der Waals surface area contributed by atoms with Crippen molar-refractivity contribution in [3.63, 3.8) is 0 Å². The van der Waals surface area contributed by atoms with E-state index in [0.29, 0.717) is 6.54 Å². The molecule has 1 N–H and O–H groups in total. The van der Waals surface area contributed by atoms with Crippen LogP contribution in [0.3, 0.4) is 0 Å². The average molecular weight is 294 g/mol. The van der Waals surface area contributed by atoms with Gasteiger partial charge in [0.15, 0.2) is 0 Å². The van der Waals surface area contributed by atoms with E-state index in [1.807, 2.05) is 57.0 Å². The second-order valence-electron chi connectivity index (χ2n) is 5.68. The molecule has 0 aliphatic rings. The van der Waals surface area contributed by atoms with Crippen molar-refractivity contribution in [3.05, 3.63) is 24.3 Å². The van der Waals surface area contributed by atoms with Crippen LogP contribution in [0.4, 0.5) is 5.69 Å². The number of hydrogen-bond acceptors (Lipinski definition) is 5. The number of ether oxygens (including phenoxy) is 2. The van der Waals surface area contributed by atoms with Crippen LogP contribution in [-0.4, -0.2) is 45.4 Å². The molecule has 0 aliphatic carbocycles. The highest BCUT2D eigenvalue weighted by Crippen LogP contribution is 2.22. The summed E-state index contributed by atoms with van der Waals surface area (Å²) in [5.74, 6) is 0.516. The molecule has 0 radical (unpaired) electrons. The fourth-order valence-corrected chi connectivity index (χ4v) is 2.45. The molecular formula is C16H26N2O3. The summed E-state index contributed by atoms with van der Waals surface area (Å²) in [6.45, 7) is 6.36. The van der Waals surface area contributed by atoms with Gasteiger partial charge in [-0.05, 0) is 32.9 Å². The Morgan fingerprint density at radius 3 is 2.57 bits per heavy atom. The Kier molecular flexibility index (Phi) is 6.03. The first-order chi connectivity index (χ1) is 9.82. The highest BCUT2D eigenvalue weighted by atomic mass is 16.5. The summed E-state index contributed by atoms with van der Waals surface area (Å²) in [6, 6.07) is 7.91. The summed E-state index contributed by atoms with van der Waals surface area (Å²) < 4.78 is 10.2. The highest BCUT2D eigenvalue weighted by molar-refractivity contribution is 5.81. The Morgan fingerprint density at radius 2 is 2.05 bits per heavy atom. The largest absolute Gasteiger partial charge is 0.497 e. The second-order valence-corrected chi connectivity index (χ2v) is 5.68. The molecule has 21 heavy (non-hydrogen) atoms. The number of hydrogen-bond donors (Lipinski definition) is 1. The highest BCUT2D eigenvalue weighted by Gasteiger charge is 2.36. The van der Waals surface area contributed by atoms with Crippen molar-refractivity contribution in [2.24, 2.45) is 0 Å². The Labute approximate surface area is 127 Å². The third-order valence-electron chi connectivity index (χ3n) is 3.29. The van der Waals surface area contributed by atoms with Crippen LogP contribution < -0.4 is 15.0 Å². The van der Waals surface area contributed by atoms with E-state index in [4.69, 9.17) is 9.47 Å². The summed E-state index contributed by atoms with van der Waals surface area (Å²) in [6.07, 6.45) is 0. The average Bonchev–Trinajstić information content (AvgIpc) is 2.45. The van der Waals surface area contributed by atoms with E-state index in [-0.39, 0.29) is 12.0 Å². The van der Waals surface area contributed by atoms with Gasteiger partial charge in [0.25, 0.3) is 0 Å². The van der Waals surface area contributed by atoms with Gasteiger partial charge in [-0.25, -0.2) is 4.79 Å². The molecule has 5 heteroatoms. The maximum atomic E-state index is 12.1. The minimum atomic E-state index is -0.777. The van der Waals surface area contributed by atoms with Crippen molar-refractivity contribution >= 4 is 11.7 Å². The van der Waals surface area contributed by atoms with Crippen molar-refractivity contribution in [1.29, 1.82) is 0 Å². The zero-order valence-electron chi connectivity index (χ0n) is 13.8. The third-order valence-corrected chi connectivity index (χ3v) is 3.29. The lowest BCUT2D eigenvalue weighted by Crippen LogP contribution is -2.59. The van der Waals surface area contributed by atoms with Gasteiger partial charge in [-0.1, -0.05) is 6.07 Å². The summed E-state index contributed by atoms with van der Waals surface area (Å²) in [5.41, 5.74) is 0.204. The normalized spacial score (nSPS) is 13.7. The molecule has 0 amide bonds. The zero-order valence-corrected chi connectivity index (χ0v) is 13.8. The number of nitrogens with one attached hydrogen (secondary N) is 1. The predicted octanol–water partition coefficient (Wildman–Crippen LogP) is 2.06. The fraction of sp³-hybridized carbons (Fsp3) is 0.562. The lowest BCUT2D eigenvalue weighted by molar-refractivity contribution is -0.147. The van der Waals surface area contributed by atoms with Crippen LogP contribution in [0.1, 0.15) is 20.8 Å². The van der Waals surface area contributed by atoms with Crippen molar-refractivity contribution in [2.45, 2.75) is 32.4 Å². The molecule has 0 spiro atoms. The van der Waals surface area contributed by atoms with Crippen LogP contribution >= 0.6 is 0 Å². The lowest BCUT2D eigenvalue weighted by Gasteiger charge is -2.34. The van der Waals surface area contributed by atoms with Gasteiger partial charge in [0.2, 0.25) is 0 Å². The Hall–Kier alpha value is -1.75. The Bertz CT molecular complexity index is 476. The smallest absolute Gasteiger partial charge is 0.327 e. The molecule has 0 bridgehead atoms. The number of methoxy groups -OCH3 is 2. The standard InChI is InChI=1S/C16H26N2O3/c1-12(2)17-16(3,15(19)21-6)11-18(4)13-8-7-9-14(10-13)20-5/h7-10,12,17H,11H2,1-6H3. The van der Waals surface area contributed by atoms with Crippen LogP contribution in [0, 0.1) is 0 Å². The van der Waals surface area contributed by atoms with Gasteiger partial charge in [-0.3, -0.25) is 5.32 Å². The molecule has 0 aliphatic heterocycles. The van der Waals surface area contributed by atoms with Gasteiger partial charge < -0.3 is 14.4 Å². The van der Waals surface area contributed by atoms with Gasteiger partial charge >= 0.3 is 5.97 Å². The summed E-state index contributed by atoms with van der Waals surface area (Å²) in [5, 5.41) is 3.29. The van der Waals surface area contributed by atoms with Crippen molar-refractivity contribution in [2.75, 3.05) is 32.7 Å². The van der Waals surface area contributed by atoms with E-state index >= 15 is 0 Å². The first-order valence-electron chi connectivity index (χ1n) is 7.03. The molecule has 1 aromatic carbocycles. The van der Waals surface area contributed by atoms with Crippen molar-refractivity contribution < 1.29 is 14.3 Å². The van der Waals surface area contributed by atoms with Crippen LogP contribution in [-0.2, 0) is 9.53 Å². The van der Waals surface area contributed by atoms with E-state index in [2.05, 4.69) is 5.32 Å². The number of likely N-dealkylation sites (N-methyl/N-ethyl adjacent to an activating group) is 1. The van der Waals surface area contributed by atoms with Gasteiger partial charge in [-0.2, -0.15) is 0 Å². The molecular weight excluding hydrogens is 268 g/mol. The summed E-state index contributed by atoms with van der Waals surface area (Å²) >= 11 is 0. The first-order valence-corrected chi connectivity index (χ1v) is 7.03. The number of benzene rings is 1. The zero-order chi connectivity index (χ0) is 16.0. The Morgan fingerprint density at radius 1 is 1.38 bits per heavy atom. The molecule has 1 atom stereocenters. The molecule has 5 nitrogen and oxygen atoms in total. The predicted molar refractivity (Wildman–Crippen MR) is 85.0 cm³/mol. The molecule has 0 heterocycles. The van der Waals surface area contributed by atoms with Crippen molar-refractivity contribution in [1.82, 2.24) is 5.32 Å². The molecule has 118 valence electrons. The number of rotatable bonds is 7.